The number of nitrogens with zero attached hydrogens (tertiary/aromatic N) is 3. The Kier molecular flexibility index (Phi) is 9.43. The van der Waals surface area contributed by atoms with Crippen LogP contribution in [0.15, 0.2) is 30.0 Å². The summed E-state index contributed by atoms with van der Waals surface area (Å²) >= 11 is 1.91. The molecule has 9 heteroatoms. The van der Waals surface area contributed by atoms with Crippen molar-refractivity contribution in [3.05, 3.63) is 41.3 Å². The maximum absolute atomic E-state index is 13.7. The van der Waals surface area contributed by atoms with Crippen LogP contribution < -0.4 is 5.73 Å². The second kappa shape index (κ2) is 11.3. The third-order valence-corrected chi connectivity index (χ3v) is 5.78. The Balaban J connectivity index is 0.000000297. The van der Waals surface area contributed by atoms with E-state index >= 15 is 0 Å². The number of halogens is 4. The van der Waals surface area contributed by atoms with Gasteiger partial charge >= 0.3 is 0 Å². The highest BCUT2D eigenvalue weighted by Gasteiger charge is 2.22. The molecule has 0 saturated heterocycles. The molecule has 0 amide bonds. The van der Waals surface area contributed by atoms with Crippen LogP contribution in [0.2, 0.25) is 0 Å². The predicted molar refractivity (Wildman–Crippen MR) is 115 cm³/mol. The van der Waals surface area contributed by atoms with Crippen molar-refractivity contribution < 1.29 is 17.6 Å². The van der Waals surface area contributed by atoms with Crippen LogP contribution in [0.5, 0.6) is 0 Å². The molecular weight excluding hydrogens is 416 g/mol. The molecule has 1 aliphatic heterocycles. The van der Waals surface area contributed by atoms with Crippen LogP contribution in [0.3, 0.4) is 0 Å². The predicted octanol–water partition coefficient (Wildman–Crippen LogP) is 4.50. The molecule has 1 aromatic heterocycles. The molecule has 0 bridgehead atoms. The second-order valence-electron chi connectivity index (χ2n) is 8.43. The highest BCUT2D eigenvalue weighted by atomic mass is 32.2. The zero-order valence-corrected chi connectivity index (χ0v) is 18.7. The van der Waals surface area contributed by atoms with Gasteiger partial charge in [0, 0.05) is 49.8 Å². The average molecular weight is 449 g/mol. The van der Waals surface area contributed by atoms with Crippen LogP contribution in [0, 0.1) is 0 Å². The Morgan fingerprint density at radius 1 is 1.37 bits per heavy atom. The molecule has 2 heterocycles. The number of rotatable bonds is 7. The molecule has 4 nitrogen and oxygen atoms in total. The van der Waals surface area contributed by atoms with E-state index in [0.717, 1.165) is 55.4 Å². The van der Waals surface area contributed by atoms with Crippen LogP contribution in [0.25, 0.3) is 0 Å². The molecule has 0 radical (unpaired) electrons. The van der Waals surface area contributed by atoms with Crippen LogP contribution >= 0.6 is 11.8 Å². The molecule has 1 aromatic rings. The van der Waals surface area contributed by atoms with E-state index < -0.39 is 29.9 Å². The lowest BCUT2D eigenvalue weighted by Crippen LogP contribution is -2.32. The lowest BCUT2D eigenvalue weighted by molar-refractivity contribution is 0.178. The van der Waals surface area contributed by atoms with Gasteiger partial charge in [-0.15, -0.1) is 0 Å². The molecule has 0 fully saturated rings. The maximum atomic E-state index is 13.7. The topological polar surface area (TPSA) is 47.1 Å². The molecule has 0 spiro atoms. The Labute approximate surface area is 180 Å². The third-order valence-electron chi connectivity index (χ3n) is 4.55. The van der Waals surface area contributed by atoms with Crippen molar-refractivity contribution in [1.82, 2.24) is 14.7 Å². The number of alkyl halides is 2. The summed E-state index contributed by atoms with van der Waals surface area (Å²) in [5.74, 6) is 0.169. The molecule has 2 aliphatic rings. The fourth-order valence-corrected chi connectivity index (χ4v) is 4.08. The number of hydrogen-bond donors (Lipinski definition) is 1. The van der Waals surface area contributed by atoms with E-state index in [0.29, 0.717) is 6.54 Å². The van der Waals surface area contributed by atoms with Gasteiger partial charge in [-0.05, 0) is 44.9 Å². The molecule has 2 atom stereocenters. The van der Waals surface area contributed by atoms with Crippen LogP contribution in [-0.4, -0.2) is 57.2 Å². The number of nitrogens with two attached hydrogens (primary N) is 1. The third kappa shape index (κ3) is 8.81. The van der Waals surface area contributed by atoms with Crippen molar-refractivity contribution in [2.24, 2.45) is 5.73 Å². The lowest BCUT2D eigenvalue weighted by Gasteiger charge is -2.25. The van der Waals surface area contributed by atoms with E-state index in [1.54, 1.807) is 18.5 Å². The van der Waals surface area contributed by atoms with Gasteiger partial charge in [0.15, 0.2) is 5.83 Å². The summed E-state index contributed by atoms with van der Waals surface area (Å²) < 4.78 is 51.6. The van der Waals surface area contributed by atoms with E-state index in [-0.39, 0.29) is 6.04 Å². The smallest absolute Gasteiger partial charge is 0.154 e. The monoisotopic (exact) mass is 448 g/mol. The van der Waals surface area contributed by atoms with Gasteiger partial charge < -0.3 is 5.73 Å². The standard InChI is InChI=1S/C15H27FN4S.C6H5F3/c1-12(17)10-21-7-6-19-5-4-13-8-20(11-15(2,3)16)18-14(13)9-19;7-4-1-2-5(8)6(9)3-4/h8,12H,4-7,9-11,17H2,1-3H3;1-2,4H,3H2/t12-;/m0./s1. The van der Waals surface area contributed by atoms with E-state index in [1.807, 2.05) is 24.9 Å². The first-order chi connectivity index (χ1) is 14.0. The first-order valence-corrected chi connectivity index (χ1v) is 11.3. The number of thioether (sulfide) groups is 1. The summed E-state index contributed by atoms with van der Waals surface area (Å²) in [5.41, 5.74) is 6.92. The van der Waals surface area contributed by atoms with Gasteiger partial charge in [0.25, 0.3) is 0 Å². The van der Waals surface area contributed by atoms with Crippen molar-refractivity contribution in [2.45, 2.75) is 64.6 Å². The summed E-state index contributed by atoms with van der Waals surface area (Å²) in [4.78, 5) is 2.43. The average Bonchev–Trinajstić information content (AvgIpc) is 3.02. The fourth-order valence-electron chi connectivity index (χ4n) is 3.15. The molecular formula is C21H32F4N4S. The normalized spacial score (nSPS) is 20.6. The first kappa shape index (κ1) is 24.9. The first-order valence-electron chi connectivity index (χ1n) is 10.2. The Morgan fingerprint density at radius 2 is 2.10 bits per heavy atom. The molecule has 0 saturated carbocycles. The van der Waals surface area contributed by atoms with Crippen molar-refractivity contribution in [1.29, 1.82) is 0 Å². The van der Waals surface area contributed by atoms with Crippen molar-refractivity contribution >= 4 is 11.8 Å². The lowest BCUT2D eigenvalue weighted by atomic mass is 10.1. The van der Waals surface area contributed by atoms with Gasteiger partial charge in [0.1, 0.15) is 17.7 Å². The zero-order valence-electron chi connectivity index (χ0n) is 17.9. The Bertz CT molecular complexity index is 740. The summed E-state index contributed by atoms with van der Waals surface area (Å²) in [6.45, 7) is 8.57. The minimum atomic E-state index is -1.36. The van der Waals surface area contributed by atoms with Gasteiger partial charge in [-0.25, -0.2) is 17.6 Å². The second-order valence-corrected chi connectivity index (χ2v) is 9.58. The van der Waals surface area contributed by atoms with Crippen LogP contribution in [0.4, 0.5) is 17.6 Å². The largest absolute Gasteiger partial charge is 0.327 e. The minimum absolute atomic E-state index is 0.266. The molecule has 1 aliphatic carbocycles. The summed E-state index contributed by atoms with van der Waals surface area (Å²) in [6.07, 6.45) is 3.02. The maximum Gasteiger partial charge on any atom is 0.154 e. The fraction of sp³-hybridized carbons (Fsp3) is 0.667. The molecule has 30 heavy (non-hydrogen) atoms. The summed E-state index contributed by atoms with van der Waals surface area (Å²) in [7, 11) is 0. The Hall–Kier alpha value is -1.32. The van der Waals surface area contributed by atoms with Gasteiger partial charge in [0.2, 0.25) is 0 Å². The number of hydrogen-bond acceptors (Lipinski definition) is 4. The quantitative estimate of drug-likeness (QED) is 0.493. The molecule has 170 valence electrons. The molecule has 3 rings (SSSR count). The van der Waals surface area contributed by atoms with Gasteiger partial charge in [0.05, 0.1) is 12.2 Å². The van der Waals surface area contributed by atoms with Crippen molar-refractivity contribution in [2.75, 3.05) is 24.6 Å². The van der Waals surface area contributed by atoms with Gasteiger partial charge in [-0.3, -0.25) is 9.58 Å². The van der Waals surface area contributed by atoms with E-state index in [9.17, 15) is 17.6 Å². The number of fused-ring (bicyclic) bond motifs is 1. The highest BCUT2D eigenvalue weighted by molar-refractivity contribution is 7.99. The van der Waals surface area contributed by atoms with Crippen molar-refractivity contribution in [3.8, 4) is 0 Å². The van der Waals surface area contributed by atoms with Crippen LogP contribution in [-0.2, 0) is 19.5 Å². The zero-order chi connectivity index (χ0) is 22.3. The van der Waals surface area contributed by atoms with Gasteiger partial charge in [-0.1, -0.05) is 0 Å². The number of allylic oxidation sites excluding steroid dienone is 4. The highest BCUT2D eigenvalue weighted by Crippen LogP contribution is 2.22. The van der Waals surface area contributed by atoms with E-state index in [1.165, 1.54) is 5.56 Å². The molecule has 1 unspecified atom stereocenters. The van der Waals surface area contributed by atoms with E-state index in [2.05, 4.69) is 10.00 Å². The Morgan fingerprint density at radius 3 is 2.70 bits per heavy atom. The minimum Gasteiger partial charge on any atom is -0.327 e. The SMILES string of the molecule is C[C@H](N)CSCCN1CCc2cn(CC(C)(C)F)nc2C1.FC1=C(F)CC(F)C=C1. The molecule has 2 N–H and O–H groups in total. The van der Waals surface area contributed by atoms with Crippen molar-refractivity contribution in [3.63, 3.8) is 0 Å². The summed E-state index contributed by atoms with van der Waals surface area (Å²) in [5, 5.41) is 4.55. The van der Waals surface area contributed by atoms with E-state index in [4.69, 9.17) is 5.73 Å². The number of aromatic nitrogens is 2. The molecule has 0 aromatic carbocycles. The van der Waals surface area contributed by atoms with Crippen LogP contribution in [0.1, 0.15) is 38.4 Å². The van der Waals surface area contributed by atoms with Gasteiger partial charge in [-0.2, -0.15) is 16.9 Å². The summed E-state index contributed by atoms with van der Waals surface area (Å²) in [6, 6.07) is 0.266.